The maximum absolute atomic E-state index is 5.50. The summed E-state index contributed by atoms with van der Waals surface area (Å²) < 4.78 is 4.82. The van der Waals surface area contributed by atoms with Crippen LogP contribution in [-0.2, 0) is 24.2 Å². The van der Waals surface area contributed by atoms with Gasteiger partial charge in [-0.3, -0.25) is 0 Å². The molecule has 2 nitrogen and oxygen atoms in total. The van der Waals surface area contributed by atoms with Crippen LogP contribution in [0.4, 0.5) is 0 Å². The van der Waals surface area contributed by atoms with Gasteiger partial charge in [0, 0.05) is 0 Å². The van der Waals surface area contributed by atoms with Crippen LogP contribution in [0.1, 0.15) is 54.4 Å². The predicted octanol–water partition coefficient (Wildman–Crippen LogP) is -2.04. The minimum absolute atomic E-state index is 0. The molecular formula is C14H25Cl2NOTi. The van der Waals surface area contributed by atoms with Crippen molar-refractivity contribution >= 4 is 0 Å². The quantitative estimate of drug-likeness (QED) is 0.341. The summed E-state index contributed by atoms with van der Waals surface area (Å²) in [5.41, 5.74) is 4.71. The SMILES string of the molecule is CCCCO[NH][Ti+2][C]1=C(C)C(C)=C(C)C1(C)C.[Cl-].[Cl-]. The third-order valence-corrected chi connectivity index (χ3v) is 6.25. The zero-order valence-corrected chi connectivity index (χ0v) is 15.9. The van der Waals surface area contributed by atoms with Crippen molar-refractivity contribution < 1.29 is 49.1 Å². The standard InChI is InChI=1S/C10H15.C4H10NO.2ClH.Ti/c1-7-6-10(4,5)9(3)8(7)2;1-2-3-4-6-5;;;/h1-5H3;5H,2-4H2,1H3;2*1H;/q;-1;;;+3/p-2. The molecule has 5 heteroatoms. The first-order chi connectivity index (χ1) is 7.92. The Balaban J connectivity index is 0. The fourth-order valence-electron chi connectivity index (χ4n) is 2.20. The number of nitrogens with one attached hydrogen (secondary N) is 1. The second kappa shape index (κ2) is 9.60. The van der Waals surface area contributed by atoms with Gasteiger partial charge in [-0.05, 0) is 0 Å². The van der Waals surface area contributed by atoms with Crippen molar-refractivity contribution in [2.75, 3.05) is 6.61 Å². The van der Waals surface area contributed by atoms with Crippen LogP contribution in [0.5, 0.6) is 0 Å². The van der Waals surface area contributed by atoms with E-state index in [1.165, 1.54) is 23.1 Å². The molecule has 0 spiro atoms. The van der Waals surface area contributed by atoms with Gasteiger partial charge in [-0.2, -0.15) is 0 Å². The van der Waals surface area contributed by atoms with E-state index < -0.39 is 0 Å². The van der Waals surface area contributed by atoms with Crippen molar-refractivity contribution in [1.82, 2.24) is 3.96 Å². The molecule has 0 saturated carbocycles. The average Bonchev–Trinajstić information content (AvgIpc) is 2.43. The van der Waals surface area contributed by atoms with E-state index in [-0.39, 0.29) is 49.6 Å². The summed E-state index contributed by atoms with van der Waals surface area (Å²) >= 11 is -0.358. The molecule has 0 amide bonds. The molecule has 0 unspecified atom stereocenters. The van der Waals surface area contributed by atoms with Crippen LogP contribution in [0.3, 0.4) is 0 Å². The van der Waals surface area contributed by atoms with Crippen LogP contribution in [0.25, 0.3) is 0 Å². The Kier molecular flexibility index (Phi) is 11.1. The van der Waals surface area contributed by atoms with E-state index in [1.807, 2.05) is 0 Å². The predicted molar refractivity (Wildman–Crippen MR) is 68.9 cm³/mol. The van der Waals surface area contributed by atoms with Gasteiger partial charge in [0.2, 0.25) is 0 Å². The summed E-state index contributed by atoms with van der Waals surface area (Å²) in [4.78, 5) is 5.50. The third-order valence-electron chi connectivity index (χ3n) is 3.91. The second-order valence-corrected chi connectivity index (χ2v) is 6.79. The molecule has 110 valence electrons. The summed E-state index contributed by atoms with van der Waals surface area (Å²) in [7, 11) is 0. The van der Waals surface area contributed by atoms with E-state index >= 15 is 0 Å². The zero-order valence-electron chi connectivity index (χ0n) is 12.8. The second-order valence-electron chi connectivity index (χ2n) is 5.30. The van der Waals surface area contributed by atoms with Gasteiger partial charge in [0.1, 0.15) is 0 Å². The fraction of sp³-hybridized carbons (Fsp3) is 0.714. The number of allylic oxidation sites excluding steroid dienone is 4. The minimum atomic E-state index is -0.358. The Morgan fingerprint density at radius 3 is 2.11 bits per heavy atom. The molecule has 0 atom stereocenters. The molecule has 0 aliphatic heterocycles. The van der Waals surface area contributed by atoms with Crippen molar-refractivity contribution in [3.8, 4) is 0 Å². The van der Waals surface area contributed by atoms with Gasteiger partial charge >= 0.3 is 115 Å². The summed E-state index contributed by atoms with van der Waals surface area (Å²) in [5, 5.41) is 0. The van der Waals surface area contributed by atoms with Gasteiger partial charge < -0.3 is 24.8 Å². The molecule has 0 radical (unpaired) electrons. The summed E-state index contributed by atoms with van der Waals surface area (Å²) in [6.45, 7) is 14.4. The van der Waals surface area contributed by atoms with Gasteiger partial charge in [-0.1, -0.05) is 0 Å². The summed E-state index contributed by atoms with van der Waals surface area (Å²) in [6.07, 6.45) is 2.32. The zero-order chi connectivity index (χ0) is 13.1. The molecule has 0 saturated heterocycles. The maximum Gasteiger partial charge on any atom is -1.00 e. The molecule has 0 aromatic heterocycles. The number of hydrogen-bond acceptors (Lipinski definition) is 2. The van der Waals surface area contributed by atoms with E-state index in [0.29, 0.717) is 0 Å². The van der Waals surface area contributed by atoms with Crippen molar-refractivity contribution in [2.45, 2.75) is 54.4 Å². The van der Waals surface area contributed by atoms with E-state index in [1.54, 1.807) is 3.88 Å². The smallest absolute Gasteiger partial charge is 1.00 e. The van der Waals surface area contributed by atoms with Crippen LogP contribution in [-0.4, -0.2) is 6.61 Å². The van der Waals surface area contributed by atoms with E-state index in [2.05, 4.69) is 45.5 Å². The maximum atomic E-state index is 5.50. The van der Waals surface area contributed by atoms with Crippen LogP contribution in [0.2, 0.25) is 0 Å². The van der Waals surface area contributed by atoms with Gasteiger partial charge in [0.15, 0.2) is 0 Å². The van der Waals surface area contributed by atoms with Gasteiger partial charge in [-0.25, -0.2) is 0 Å². The van der Waals surface area contributed by atoms with Gasteiger partial charge in [0.05, 0.1) is 0 Å². The molecular weight excluding hydrogens is 317 g/mol. The van der Waals surface area contributed by atoms with Crippen molar-refractivity contribution in [2.24, 2.45) is 5.41 Å². The number of hydrogen-bond donors (Lipinski definition) is 1. The van der Waals surface area contributed by atoms with E-state index in [0.717, 1.165) is 13.0 Å². The Morgan fingerprint density at radius 2 is 1.68 bits per heavy atom. The molecule has 0 aromatic carbocycles. The Bertz CT molecular complexity index is 351. The number of unbranched alkanes of at least 4 members (excludes halogenated alkanes) is 1. The molecule has 1 rings (SSSR count). The monoisotopic (exact) mass is 341 g/mol. The minimum Gasteiger partial charge on any atom is -1.00 e. The molecule has 1 N–H and O–H groups in total. The molecule has 1 aliphatic rings. The topological polar surface area (TPSA) is 21.3 Å². The third kappa shape index (κ3) is 5.19. The number of rotatable bonds is 6. The summed E-state index contributed by atoms with van der Waals surface area (Å²) in [6, 6.07) is 0. The molecule has 0 aromatic rings. The van der Waals surface area contributed by atoms with Crippen LogP contribution >= 0.6 is 0 Å². The summed E-state index contributed by atoms with van der Waals surface area (Å²) in [5.74, 6) is 0. The molecule has 0 heterocycles. The molecule has 19 heavy (non-hydrogen) atoms. The average molecular weight is 342 g/mol. The van der Waals surface area contributed by atoms with Crippen molar-refractivity contribution in [1.29, 1.82) is 0 Å². The van der Waals surface area contributed by atoms with Gasteiger partial charge in [-0.15, -0.1) is 0 Å². The van der Waals surface area contributed by atoms with E-state index in [4.69, 9.17) is 4.84 Å². The van der Waals surface area contributed by atoms with Crippen LogP contribution in [0, 0.1) is 5.41 Å². The molecule has 0 fully saturated rings. The van der Waals surface area contributed by atoms with E-state index in [9.17, 15) is 0 Å². The van der Waals surface area contributed by atoms with Crippen LogP contribution < -0.4 is 28.8 Å². The fourth-order valence-corrected chi connectivity index (χ4v) is 4.00. The Labute approximate surface area is 139 Å². The Morgan fingerprint density at radius 1 is 1.11 bits per heavy atom. The van der Waals surface area contributed by atoms with Crippen LogP contribution in [0.15, 0.2) is 20.6 Å². The van der Waals surface area contributed by atoms with Crippen molar-refractivity contribution in [3.63, 3.8) is 0 Å². The first kappa shape index (κ1) is 22.0. The first-order valence-electron chi connectivity index (χ1n) is 6.45. The first-order valence-corrected chi connectivity index (χ1v) is 8.01. The molecule has 0 bridgehead atoms. The Hall–Kier alpha value is 0.694. The largest absolute Gasteiger partial charge is 1.00 e. The normalized spacial score (nSPS) is 16.9. The van der Waals surface area contributed by atoms with Crippen molar-refractivity contribution in [3.05, 3.63) is 20.6 Å². The van der Waals surface area contributed by atoms with Gasteiger partial charge in [0.25, 0.3) is 0 Å². The number of halogens is 2. The molecule has 1 aliphatic carbocycles.